The Morgan fingerprint density at radius 2 is 1.70 bits per heavy atom. The molecule has 164 valence electrons. The molecule has 0 aliphatic rings. The molecule has 0 fully saturated rings. The number of nitrogens with one attached hydrogen (secondary N) is 2. The number of fused-ring (bicyclic) bond motifs is 1. The van der Waals surface area contributed by atoms with Crippen molar-refractivity contribution in [3.8, 4) is 5.75 Å². The van der Waals surface area contributed by atoms with Gasteiger partial charge in [-0.2, -0.15) is 5.10 Å². The minimum absolute atomic E-state index is 0.211. The van der Waals surface area contributed by atoms with Gasteiger partial charge in [-0.1, -0.05) is 42.5 Å². The standard InChI is InChI=1S/C25H19N3O4S/c29-23(16-26-24(30)21-8-3-6-18-5-1-2-7-20(18)21)28-27-15-17-10-12-19(13-11-17)32-25(31)22-9-4-14-33-22/h1-15H,16H2,(H,26,30)(H,28,29)/b27-15+. The molecule has 0 saturated carbocycles. The van der Waals surface area contributed by atoms with Gasteiger partial charge in [-0.3, -0.25) is 9.59 Å². The lowest BCUT2D eigenvalue weighted by Gasteiger charge is -2.07. The molecule has 1 aromatic heterocycles. The molecule has 7 nitrogen and oxygen atoms in total. The zero-order valence-corrected chi connectivity index (χ0v) is 18.2. The van der Waals surface area contributed by atoms with Crippen molar-refractivity contribution in [3.05, 3.63) is 100 Å². The highest BCUT2D eigenvalue weighted by atomic mass is 32.1. The summed E-state index contributed by atoms with van der Waals surface area (Å²) in [5.41, 5.74) is 3.58. The first-order valence-electron chi connectivity index (χ1n) is 10.0. The third-order valence-corrected chi connectivity index (χ3v) is 5.51. The number of amides is 2. The Labute approximate surface area is 193 Å². The lowest BCUT2D eigenvalue weighted by atomic mass is 10.0. The van der Waals surface area contributed by atoms with Gasteiger partial charge >= 0.3 is 5.97 Å². The van der Waals surface area contributed by atoms with Crippen LogP contribution in [0.4, 0.5) is 0 Å². The van der Waals surface area contributed by atoms with Gasteiger partial charge in [0.2, 0.25) is 0 Å². The van der Waals surface area contributed by atoms with Gasteiger partial charge < -0.3 is 10.1 Å². The van der Waals surface area contributed by atoms with E-state index in [-0.39, 0.29) is 12.5 Å². The maximum absolute atomic E-state index is 12.5. The summed E-state index contributed by atoms with van der Waals surface area (Å²) in [6, 6.07) is 23.2. The van der Waals surface area contributed by atoms with Crippen LogP contribution in [0.1, 0.15) is 25.6 Å². The second-order valence-corrected chi connectivity index (χ2v) is 7.89. The van der Waals surface area contributed by atoms with Crippen molar-refractivity contribution in [1.82, 2.24) is 10.7 Å². The Bertz CT molecular complexity index is 1310. The first-order chi connectivity index (χ1) is 16.1. The Morgan fingerprint density at radius 3 is 2.48 bits per heavy atom. The van der Waals surface area contributed by atoms with Crippen LogP contribution in [0.5, 0.6) is 5.75 Å². The molecule has 0 atom stereocenters. The topological polar surface area (TPSA) is 96.9 Å². The highest BCUT2D eigenvalue weighted by Crippen LogP contribution is 2.18. The van der Waals surface area contributed by atoms with Gasteiger partial charge in [-0.25, -0.2) is 10.2 Å². The van der Waals surface area contributed by atoms with E-state index in [4.69, 9.17) is 4.74 Å². The summed E-state index contributed by atoms with van der Waals surface area (Å²) >= 11 is 1.31. The number of thiophene rings is 1. The molecule has 4 rings (SSSR count). The molecule has 4 aromatic rings. The third-order valence-electron chi connectivity index (χ3n) is 4.66. The van der Waals surface area contributed by atoms with Crippen LogP contribution in [0.15, 0.2) is 89.3 Å². The summed E-state index contributed by atoms with van der Waals surface area (Å²) in [5, 5.41) is 10.1. The zero-order valence-electron chi connectivity index (χ0n) is 17.4. The molecule has 3 aromatic carbocycles. The van der Waals surface area contributed by atoms with Gasteiger partial charge in [0.1, 0.15) is 10.6 Å². The van der Waals surface area contributed by atoms with Crippen molar-refractivity contribution in [3.63, 3.8) is 0 Å². The molecule has 0 unspecified atom stereocenters. The summed E-state index contributed by atoms with van der Waals surface area (Å²) in [6.45, 7) is -0.211. The van der Waals surface area contributed by atoms with E-state index in [0.717, 1.165) is 10.8 Å². The molecule has 33 heavy (non-hydrogen) atoms. The van der Waals surface area contributed by atoms with E-state index >= 15 is 0 Å². The fraction of sp³-hybridized carbons (Fsp3) is 0.0400. The zero-order chi connectivity index (χ0) is 23.0. The minimum atomic E-state index is -0.457. The van der Waals surface area contributed by atoms with Gasteiger partial charge in [-0.05, 0) is 58.1 Å². The molecule has 0 aliphatic heterocycles. The third kappa shape index (κ3) is 5.69. The average Bonchev–Trinajstić information content (AvgIpc) is 3.39. The van der Waals surface area contributed by atoms with Gasteiger partial charge in [-0.15, -0.1) is 11.3 Å². The molecule has 8 heteroatoms. The molecule has 0 aliphatic carbocycles. The molecule has 1 heterocycles. The van der Waals surface area contributed by atoms with Crippen LogP contribution in [0.3, 0.4) is 0 Å². The Kier molecular flexibility index (Phi) is 6.87. The maximum Gasteiger partial charge on any atom is 0.353 e. The predicted molar refractivity (Wildman–Crippen MR) is 128 cm³/mol. The van der Waals surface area contributed by atoms with E-state index < -0.39 is 11.9 Å². The van der Waals surface area contributed by atoms with Gasteiger partial charge in [0.05, 0.1) is 12.8 Å². The van der Waals surface area contributed by atoms with Crippen LogP contribution >= 0.6 is 11.3 Å². The molecular formula is C25H19N3O4S. The van der Waals surface area contributed by atoms with E-state index in [1.165, 1.54) is 17.6 Å². The number of ether oxygens (including phenoxy) is 1. The Hall–Kier alpha value is -4.30. The molecule has 0 saturated heterocycles. The van der Waals surface area contributed by atoms with Gasteiger partial charge in [0, 0.05) is 5.56 Å². The maximum atomic E-state index is 12.5. The number of carbonyl (C=O) groups excluding carboxylic acids is 3. The molecule has 2 N–H and O–H groups in total. The highest BCUT2D eigenvalue weighted by Gasteiger charge is 2.11. The smallest absolute Gasteiger partial charge is 0.353 e. The highest BCUT2D eigenvalue weighted by molar-refractivity contribution is 7.12. The fourth-order valence-electron chi connectivity index (χ4n) is 3.07. The van der Waals surface area contributed by atoms with Crippen molar-refractivity contribution in [2.75, 3.05) is 6.54 Å². The normalized spacial score (nSPS) is 10.8. The predicted octanol–water partition coefficient (Wildman–Crippen LogP) is 4.00. The molecule has 0 radical (unpaired) electrons. The number of hydrazone groups is 1. The van der Waals surface area contributed by atoms with Crippen LogP contribution in [-0.4, -0.2) is 30.5 Å². The number of hydrogen-bond acceptors (Lipinski definition) is 6. The summed E-state index contributed by atoms with van der Waals surface area (Å²) in [6.07, 6.45) is 1.45. The first-order valence-corrected chi connectivity index (χ1v) is 10.9. The monoisotopic (exact) mass is 457 g/mol. The van der Waals surface area contributed by atoms with E-state index in [2.05, 4.69) is 15.8 Å². The Morgan fingerprint density at radius 1 is 0.909 bits per heavy atom. The van der Waals surface area contributed by atoms with E-state index in [0.29, 0.717) is 21.8 Å². The minimum Gasteiger partial charge on any atom is -0.422 e. The lowest BCUT2D eigenvalue weighted by molar-refractivity contribution is -0.120. The first kappa shape index (κ1) is 21.9. The van der Waals surface area contributed by atoms with E-state index in [1.54, 1.807) is 53.9 Å². The summed E-state index contributed by atoms with van der Waals surface area (Å²) < 4.78 is 5.29. The number of rotatable bonds is 7. The average molecular weight is 458 g/mol. The number of benzene rings is 3. The van der Waals surface area contributed by atoms with Crippen molar-refractivity contribution >= 4 is 46.1 Å². The fourth-order valence-corrected chi connectivity index (χ4v) is 3.67. The quantitative estimate of drug-likeness (QED) is 0.190. The summed E-state index contributed by atoms with van der Waals surface area (Å²) in [5.74, 6) is -0.796. The van der Waals surface area contributed by atoms with Crippen LogP contribution in [-0.2, 0) is 4.79 Å². The number of esters is 1. The van der Waals surface area contributed by atoms with E-state index in [1.807, 2.05) is 30.3 Å². The molecule has 0 bridgehead atoms. The molecule has 2 amide bonds. The number of nitrogens with zero attached hydrogens (tertiary/aromatic N) is 1. The molecule has 0 spiro atoms. The van der Waals surface area contributed by atoms with Crippen molar-refractivity contribution in [1.29, 1.82) is 0 Å². The second-order valence-electron chi connectivity index (χ2n) is 6.94. The van der Waals surface area contributed by atoms with Gasteiger partial charge in [0.25, 0.3) is 11.8 Å². The Balaban J connectivity index is 1.26. The number of carbonyl (C=O) groups is 3. The summed E-state index contributed by atoms with van der Waals surface area (Å²) in [7, 11) is 0. The SMILES string of the molecule is O=C(CNC(=O)c1cccc2ccccc12)N/N=C/c1ccc(OC(=O)c2cccs2)cc1. The van der Waals surface area contributed by atoms with Crippen LogP contribution in [0.2, 0.25) is 0 Å². The lowest BCUT2D eigenvalue weighted by Crippen LogP contribution is -2.35. The van der Waals surface area contributed by atoms with Crippen molar-refractivity contribution < 1.29 is 19.1 Å². The van der Waals surface area contributed by atoms with Crippen molar-refractivity contribution in [2.45, 2.75) is 0 Å². The van der Waals surface area contributed by atoms with E-state index in [9.17, 15) is 14.4 Å². The van der Waals surface area contributed by atoms with Gasteiger partial charge in [0.15, 0.2) is 0 Å². The number of hydrogen-bond donors (Lipinski definition) is 2. The van der Waals surface area contributed by atoms with Crippen LogP contribution in [0, 0.1) is 0 Å². The largest absolute Gasteiger partial charge is 0.422 e. The van der Waals surface area contributed by atoms with Crippen molar-refractivity contribution in [2.24, 2.45) is 5.10 Å². The van der Waals surface area contributed by atoms with Crippen LogP contribution in [0.25, 0.3) is 10.8 Å². The summed E-state index contributed by atoms with van der Waals surface area (Å²) in [4.78, 5) is 37.0. The second kappa shape index (κ2) is 10.3. The molecular weight excluding hydrogens is 438 g/mol. The van der Waals surface area contributed by atoms with Crippen LogP contribution < -0.4 is 15.5 Å².